The van der Waals surface area contributed by atoms with E-state index in [2.05, 4.69) is 45.1 Å². The summed E-state index contributed by atoms with van der Waals surface area (Å²) in [5.41, 5.74) is 1.44. The van der Waals surface area contributed by atoms with Gasteiger partial charge in [-0.05, 0) is 78.9 Å². The Hall–Kier alpha value is -2.03. The molecule has 1 saturated heterocycles. The summed E-state index contributed by atoms with van der Waals surface area (Å²) in [6, 6.07) is 7.25. The number of carboxylic acids is 1. The van der Waals surface area contributed by atoms with Gasteiger partial charge < -0.3 is 15.3 Å². The van der Waals surface area contributed by atoms with E-state index in [0.29, 0.717) is 16.9 Å². The average molecular weight is 489 g/mol. The van der Waals surface area contributed by atoms with E-state index < -0.39 is 5.97 Å². The number of fused-ring (bicyclic) bond motifs is 1. The quantitative estimate of drug-likeness (QED) is 0.486. The van der Waals surface area contributed by atoms with Crippen LogP contribution in [0.5, 0.6) is 0 Å². The minimum Gasteiger partial charge on any atom is -0.478 e. The molecule has 0 radical (unpaired) electrons. The first kappa shape index (κ1) is 21.2. The minimum atomic E-state index is -0.920. The first-order valence-corrected chi connectivity index (χ1v) is 11.7. The van der Waals surface area contributed by atoms with Crippen molar-refractivity contribution >= 4 is 49.3 Å². The molecule has 0 amide bonds. The van der Waals surface area contributed by atoms with E-state index in [0.717, 1.165) is 51.2 Å². The van der Waals surface area contributed by atoms with Gasteiger partial charge in [0.05, 0.1) is 14.9 Å². The molecule has 8 heteroatoms. The molecule has 6 nitrogen and oxygen atoms in total. The molecule has 0 unspecified atom stereocenters. The second-order valence-electron chi connectivity index (χ2n) is 8.31. The number of nitrogens with zero attached hydrogens (tertiary/aromatic N) is 3. The van der Waals surface area contributed by atoms with Gasteiger partial charge in [-0.25, -0.2) is 14.8 Å². The van der Waals surface area contributed by atoms with Gasteiger partial charge in [-0.2, -0.15) is 0 Å². The maximum atomic E-state index is 11.5. The molecule has 4 rings (SSSR count). The number of benzene rings is 1. The predicted molar refractivity (Wildman–Crippen MR) is 125 cm³/mol. The molecular formula is C22H25BrN4O2S. The van der Waals surface area contributed by atoms with Crippen molar-refractivity contribution in [2.45, 2.75) is 26.2 Å². The molecule has 0 atom stereocenters. The van der Waals surface area contributed by atoms with Crippen molar-refractivity contribution in [2.24, 2.45) is 5.41 Å². The molecule has 158 valence electrons. The number of likely N-dealkylation sites (tertiary alicyclic amines) is 1. The van der Waals surface area contributed by atoms with Crippen LogP contribution in [0.2, 0.25) is 0 Å². The third-order valence-corrected chi connectivity index (χ3v) is 7.66. The monoisotopic (exact) mass is 488 g/mol. The normalized spacial score (nSPS) is 16.6. The highest BCUT2D eigenvalue weighted by atomic mass is 79.9. The van der Waals surface area contributed by atoms with Gasteiger partial charge >= 0.3 is 5.97 Å². The fourth-order valence-electron chi connectivity index (χ4n) is 3.87. The number of nitrogens with one attached hydrogen (secondary N) is 1. The molecule has 3 heterocycles. The van der Waals surface area contributed by atoms with Gasteiger partial charge in [0, 0.05) is 22.8 Å². The maximum absolute atomic E-state index is 11.5. The second kappa shape index (κ2) is 8.61. The van der Waals surface area contributed by atoms with Gasteiger partial charge in [0.15, 0.2) is 0 Å². The Labute approximate surface area is 188 Å². The number of aromatic carboxylic acids is 1. The zero-order valence-corrected chi connectivity index (χ0v) is 19.5. The summed E-state index contributed by atoms with van der Waals surface area (Å²) in [6.45, 7) is 5.50. The molecule has 0 saturated carbocycles. The average Bonchev–Trinajstić information content (AvgIpc) is 3.15. The summed E-state index contributed by atoms with van der Waals surface area (Å²) >= 11 is 5.08. The number of anilines is 1. The van der Waals surface area contributed by atoms with Gasteiger partial charge in [-0.15, -0.1) is 11.3 Å². The molecule has 30 heavy (non-hydrogen) atoms. The topological polar surface area (TPSA) is 78.4 Å². The number of hydrogen-bond acceptors (Lipinski definition) is 6. The number of piperidine rings is 1. The van der Waals surface area contributed by atoms with Crippen LogP contribution in [0.4, 0.5) is 5.95 Å². The van der Waals surface area contributed by atoms with Gasteiger partial charge in [0.2, 0.25) is 5.95 Å². The van der Waals surface area contributed by atoms with Crippen molar-refractivity contribution < 1.29 is 9.90 Å². The fraction of sp³-hybridized carbons (Fsp3) is 0.409. The first-order chi connectivity index (χ1) is 14.3. The summed E-state index contributed by atoms with van der Waals surface area (Å²) in [7, 11) is 2.18. The Morgan fingerprint density at radius 1 is 1.37 bits per heavy atom. The molecule has 1 aliphatic heterocycles. The fourth-order valence-corrected chi connectivity index (χ4v) is 5.50. The number of carbonyl (C=O) groups is 1. The molecule has 1 aromatic carbocycles. The van der Waals surface area contributed by atoms with Gasteiger partial charge in [0.25, 0.3) is 0 Å². The van der Waals surface area contributed by atoms with Crippen molar-refractivity contribution in [2.75, 3.05) is 32.0 Å². The van der Waals surface area contributed by atoms with Crippen molar-refractivity contribution in [3.8, 4) is 10.6 Å². The Morgan fingerprint density at radius 3 is 2.87 bits per heavy atom. The van der Waals surface area contributed by atoms with E-state index >= 15 is 0 Å². The van der Waals surface area contributed by atoms with E-state index in [1.165, 1.54) is 24.2 Å². The molecule has 0 spiro atoms. The lowest BCUT2D eigenvalue weighted by atomic mass is 9.78. The summed E-state index contributed by atoms with van der Waals surface area (Å²) < 4.78 is 1.72. The highest BCUT2D eigenvalue weighted by Gasteiger charge is 2.28. The third kappa shape index (κ3) is 4.50. The van der Waals surface area contributed by atoms with Crippen molar-refractivity contribution in [1.82, 2.24) is 14.9 Å². The largest absolute Gasteiger partial charge is 0.478 e. The van der Waals surface area contributed by atoms with Crippen LogP contribution in [0.15, 0.2) is 34.9 Å². The molecule has 0 bridgehead atoms. The standard InChI is InChI=1S/C22H25BrN4O2S/c1-22(7-10-27(2)11-8-22)6-9-24-21-25-13-16(23)19(26-21)18-12-15-14(20(28)29)4-3-5-17(15)30-18/h3-5,12-13H,6-11H2,1-2H3,(H,28,29)(H,24,25,26). The second-order valence-corrected chi connectivity index (χ2v) is 10.3. The number of thiophene rings is 1. The smallest absolute Gasteiger partial charge is 0.336 e. The van der Waals surface area contributed by atoms with Crippen LogP contribution in [0.1, 0.15) is 36.5 Å². The predicted octanol–water partition coefficient (Wildman–Crippen LogP) is 5.35. The summed E-state index contributed by atoms with van der Waals surface area (Å²) in [6.07, 6.45) is 5.27. The number of halogens is 1. The van der Waals surface area contributed by atoms with E-state index in [1.54, 1.807) is 18.3 Å². The lowest BCUT2D eigenvalue weighted by Crippen LogP contribution is -2.37. The van der Waals surface area contributed by atoms with Gasteiger partial charge in [0.1, 0.15) is 5.69 Å². The van der Waals surface area contributed by atoms with Crippen LogP contribution >= 0.6 is 27.3 Å². The summed E-state index contributed by atoms with van der Waals surface area (Å²) in [5.74, 6) is -0.322. The Kier molecular flexibility index (Phi) is 6.09. The molecule has 1 fully saturated rings. The zero-order valence-electron chi connectivity index (χ0n) is 17.1. The molecule has 0 aliphatic carbocycles. The van der Waals surface area contributed by atoms with Gasteiger partial charge in [-0.1, -0.05) is 13.0 Å². The molecular weight excluding hydrogens is 464 g/mol. The van der Waals surface area contributed by atoms with E-state index in [1.807, 2.05) is 12.1 Å². The lowest BCUT2D eigenvalue weighted by Gasteiger charge is -2.38. The number of hydrogen-bond donors (Lipinski definition) is 2. The molecule has 2 N–H and O–H groups in total. The van der Waals surface area contributed by atoms with E-state index in [-0.39, 0.29) is 0 Å². The Balaban J connectivity index is 1.52. The zero-order chi connectivity index (χ0) is 21.3. The van der Waals surface area contributed by atoms with Crippen LogP contribution in [-0.4, -0.2) is 52.6 Å². The highest BCUT2D eigenvalue weighted by Crippen LogP contribution is 2.38. The van der Waals surface area contributed by atoms with Crippen molar-refractivity contribution in [3.05, 3.63) is 40.5 Å². The third-order valence-electron chi connectivity index (χ3n) is 5.98. The van der Waals surface area contributed by atoms with Crippen molar-refractivity contribution in [3.63, 3.8) is 0 Å². The highest BCUT2D eigenvalue weighted by molar-refractivity contribution is 9.10. The summed E-state index contributed by atoms with van der Waals surface area (Å²) in [5, 5.41) is 13.6. The van der Waals surface area contributed by atoms with Gasteiger partial charge in [-0.3, -0.25) is 0 Å². The lowest BCUT2D eigenvalue weighted by molar-refractivity contribution is 0.0699. The van der Waals surface area contributed by atoms with Crippen LogP contribution in [0.25, 0.3) is 20.7 Å². The minimum absolute atomic E-state index is 0.310. The molecule has 2 aromatic heterocycles. The Morgan fingerprint density at radius 2 is 2.13 bits per heavy atom. The van der Waals surface area contributed by atoms with E-state index in [9.17, 15) is 9.90 Å². The van der Waals surface area contributed by atoms with Crippen LogP contribution in [-0.2, 0) is 0 Å². The van der Waals surface area contributed by atoms with Crippen LogP contribution in [0.3, 0.4) is 0 Å². The maximum Gasteiger partial charge on any atom is 0.336 e. The Bertz CT molecular complexity index is 1080. The van der Waals surface area contributed by atoms with Crippen LogP contribution in [0, 0.1) is 5.41 Å². The number of rotatable bonds is 6. The SMILES string of the molecule is CN1CCC(C)(CCNc2ncc(Br)c(-c3cc4c(C(=O)O)cccc4s3)n2)CC1. The molecule has 1 aliphatic rings. The number of carboxylic acid groups (broad SMARTS) is 1. The van der Waals surface area contributed by atoms with Crippen molar-refractivity contribution in [1.29, 1.82) is 0 Å². The first-order valence-electron chi connectivity index (χ1n) is 10.1. The summed E-state index contributed by atoms with van der Waals surface area (Å²) in [4.78, 5) is 24.0. The number of aromatic nitrogens is 2. The van der Waals surface area contributed by atoms with Crippen LogP contribution < -0.4 is 5.32 Å². The van der Waals surface area contributed by atoms with E-state index in [4.69, 9.17) is 4.98 Å². The molecule has 3 aromatic rings.